The summed E-state index contributed by atoms with van der Waals surface area (Å²) in [5.74, 6) is 3.30. The first-order valence-corrected chi connectivity index (χ1v) is 6.88. The van der Waals surface area contributed by atoms with Gasteiger partial charge in [0.1, 0.15) is 0 Å². The SMILES string of the molecule is c1cnn(-c2ccc(NC3CCSC3)cn2)c1. The standard InChI is InChI=1S/C12H14N4S/c1-5-14-16(6-1)12-3-2-10(8-13-12)15-11-4-7-17-9-11/h1-3,5-6,8,11,15H,4,7,9H2. The van der Waals surface area contributed by atoms with Gasteiger partial charge in [-0.25, -0.2) is 9.67 Å². The second kappa shape index (κ2) is 4.79. The van der Waals surface area contributed by atoms with Crippen LogP contribution in [-0.4, -0.2) is 32.3 Å². The van der Waals surface area contributed by atoms with Crippen molar-refractivity contribution in [2.24, 2.45) is 0 Å². The van der Waals surface area contributed by atoms with Gasteiger partial charge >= 0.3 is 0 Å². The van der Waals surface area contributed by atoms with Crippen LogP contribution in [0.4, 0.5) is 5.69 Å². The normalized spacial score (nSPS) is 19.4. The lowest BCUT2D eigenvalue weighted by Crippen LogP contribution is -2.18. The summed E-state index contributed by atoms with van der Waals surface area (Å²) in [5, 5.41) is 7.65. The topological polar surface area (TPSA) is 42.7 Å². The van der Waals surface area contributed by atoms with Crippen LogP contribution in [0.5, 0.6) is 0 Å². The molecule has 1 atom stereocenters. The van der Waals surface area contributed by atoms with Crippen LogP contribution >= 0.6 is 11.8 Å². The smallest absolute Gasteiger partial charge is 0.153 e. The van der Waals surface area contributed by atoms with Gasteiger partial charge in [-0.05, 0) is 30.4 Å². The zero-order valence-electron chi connectivity index (χ0n) is 9.41. The van der Waals surface area contributed by atoms with Crippen molar-refractivity contribution in [2.75, 3.05) is 16.8 Å². The Morgan fingerprint density at radius 2 is 2.41 bits per heavy atom. The molecular formula is C12H14N4S. The molecule has 3 heterocycles. The fraction of sp³-hybridized carbons (Fsp3) is 0.333. The molecule has 3 rings (SSSR count). The molecule has 2 aromatic heterocycles. The third-order valence-electron chi connectivity index (χ3n) is 2.79. The van der Waals surface area contributed by atoms with E-state index >= 15 is 0 Å². The van der Waals surface area contributed by atoms with Gasteiger partial charge in [0.25, 0.3) is 0 Å². The molecule has 1 N–H and O–H groups in total. The van der Waals surface area contributed by atoms with Crippen molar-refractivity contribution >= 4 is 17.4 Å². The summed E-state index contributed by atoms with van der Waals surface area (Å²) in [6.45, 7) is 0. The Morgan fingerprint density at radius 1 is 1.41 bits per heavy atom. The number of nitrogens with one attached hydrogen (secondary N) is 1. The van der Waals surface area contributed by atoms with Crippen LogP contribution in [0.15, 0.2) is 36.8 Å². The quantitative estimate of drug-likeness (QED) is 0.901. The van der Waals surface area contributed by atoms with Gasteiger partial charge in [-0.15, -0.1) is 0 Å². The van der Waals surface area contributed by atoms with Crippen molar-refractivity contribution in [3.63, 3.8) is 0 Å². The molecule has 5 heteroatoms. The number of pyridine rings is 1. The monoisotopic (exact) mass is 246 g/mol. The highest BCUT2D eigenvalue weighted by Gasteiger charge is 2.14. The molecule has 0 bridgehead atoms. The molecule has 0 radical (unpaired) electrons. The lowest BCUT2D eigenvalue weighted by Gasteiger charge is -2.12. The second-order valence-electron chi connectivity index (χ2n) is 4.06. The van der Waals surface area contributed by atoms with Gasteiger partial charge in [0.2, 0.25) is 0 Å². The number of aromatic nitrogens is 3. The fourth-order valence-corrected chi connectivity index (χ4v) is 3.05. The fourth-order valence-electron chi connectivity index (χ4n) is 1.90. The van der Waals surface area contributed by atoms with E-state index in [1.54, 1.807) is 10.9 Å². The van der Waals surface area contributed by atoms with E-state index in [1.165, 1.54) is 17.9 Å². The van der Waals surface area contributed by atoms with E-state index in [0.717, 1.165) is 11.5 Å². The number of hydrogen-bond donors (Lipinski definition) is 1. The van der Waals surface area contributed by atoms with Gasteiger partial charge in [-0.2, -0.15) is 16.9 Å². The molecule has 1 saturated heterocycles. The maximum atomic E-state index is 4.39. The van der Waals surface area contributed by atoms with Crippen LogP contribution in [0.3, 0.4) is 0 Å². The lowest BCUT2D eigenvalue weighted by molar-refractivity contribution is 0.809. The molecule has 0 aliphatic carbocycles. The van der Waals surface area contributed by atoms with Crippen molar-refractivity contribution in [3.8, 4) is 5.82 Å². The summed E-state index contributed by atoms with van der Waals surface area (Å²) in [6.07, 6.45) is 6.76. The lowest BCUT2D eigenvalue weighted by atomic mass is 10.2. The van der Waals surface area contributed by atoms with Gasteiger partial charge in [-0.3, -0.25) is 0 Å². The Labute approximate surface area is 104 Å². The van der Waals surface area contributed by atoms with Gasteiger partial charge in [-0.1, -0.05) is 0 Å². The van der Waals surface area contributed by atoms with E-state index in [9.17, 15) is 0 Å². The van der Waals surface area contributed by atoms with E-state index < -0.39 is 0 Å². The van der Waals surface area contributed by atoms with E-state index in [0.29, 0.717) is 6.04 Å². The van der Waals surface area contributed by atoms with E-state index in [-0.39, 0.29) is 0 Å². The van der Waals surface area contributed by atoms with Crippen LogP contribution in [-0.2, 0) is 0 Å². The average molecular weight is 246 g/mol. The van der Waals surface area contributed by atoms with Crippen molar-refractivity contribution < 1.29 is 0 Å². The minimum Gasteiger partial charge on any atom is -0.380 e. The van der Waals surface area contributed by atoms with Crippen LogP contribution in [0.25, 0.3) is 5.82 Å². The van der Waals surface area contributed by atoms with E-state index in [1.807, 2.05) is 36.3 Å². The zero-order valence-corrected chi connectivity index (χ0v) is 10.2. The third kappa shape index (κ3) is 2.44. The van der Waals surface area contributed by atoms with Gasteiger partial charge in [0, 0.05) is 24.2 Å². The molecule has 4 nitrogen and oxygen atoms in total. The van der Waals surface area contributed by atoms with E-state index in [2.05, 4.69) is 21.5 Å². The summed E-state index contributed by atoms with van der Waals surface area (Å²) in [6, 6.07) is 6.53. The Bertz CT molecular complexity index is 460. The Balaban J connectivity index is 1.71. The highest BCUT2D eigenvalue weighted by Crippen LogP contribution is 2.21. The first kappa shape index (κ1) is 10.7. The molecule has 0 aromatic carbocycles. The van der Waals surface area contributed by atoms with Crippen LogP contribution in [0, 0.1) is 0 Å². The van der Waals surface area contributed by atoms with Crippen molar-refractivity contribution in [1.82, 2.24) is 14.8 Å². The minimum atomic E-state index is 0.595. The number of thioether (sulfide) groups is 1. The molecule has 1 unspecified atom stereocenters. The Hall–Kier alpha value is -1.49. The van der Waals surface area contributed by atoms with Crippen LogP contribution in [0.2, 0.25) is 0 Å². The van der Waals surface area contributed by atoms with Crippen LogP contribution < -0.4 is 5.32 Å². The highest BCUT2D eigenvalue weighted by atomic mass is 32.2. The average Bonchev–Trinajstić information content (AvgIpc) is 3.01. The number of rotatable bonds is 3. The number of nitrogens with zero attached hydrogens (tertiary/aromatic N) is 3. The molecule has 1 aliphatic rings. The first-order chi connectivity index (χ1) is 8.42. The van der Waals surface area contributed by atoms with Crippen molar-refractivity contribution in [1.29, 1.82) is 0 Å². The largest absolute Gasteiger partial charge is 0.380 e. The van der Waals surface area contributed by atoms with Gasteiger partial charge in [0.05, 0.1) is 11.9 Å². The highest BCUT2D eigenvalue weighted by molar-refractivity contribution is 7.99. The molecule has 88 valence electrons. The van der Waals surface area contributed by atoms with Crippen molar-refractivity contribution in [3.05, 3.63) is 36.8 Å². The molecule has 0 saturated carbocycles. The molecule has 1 aliphatic heterocycles. The third-order valence-corrected chi connectivity index (χ3v) is 3.95. The Morgan fingerprint density at radius 3 is 3.06 bits per heavy atom. The maximum absolute atomic E-state index is 4.39. The second-order valence-corrected chi connectivity index (χ2v) is 5.21. The molecule has 1 fully saturated rings. The maximum Gasteiger partial charge on any atom is 0.153 e. The van der Waals surface area contributed by atoms with Crippen molar-refractivity contribution in [2.45, 2.75) is 12.5 Å². The molecule has 17 heavy (non-hydrogen) atoms. The molecular weight excluding hydrogens is 232 g/mol. The predicted octanol–water partition coefficient (Wildman–Crippen LogP) is 2.18. The summed E-state index contributed by atoms with van der Waals surface area (Å²) in [4.78, 5) is 4.39. The predicted molar refractivity (Wildman–Crippen MR) is 70.7 cm³/mol. The summed E-state index contributed by atoms with van der Waals surface area (Å²) >= 11 is 2.01. The van der Waals surface area contributed by atoms with Crippen LogP contribution in [0.1, 0.15) is 6.42 Å². The Kier molecular flexibility index (Phi) is 3.00. The summed E-state index contributed by atoms with van der Waals surface area (Å²) in [7, 11) is 0. The van der Waals surface area contributed by atoms with E-state index in [4.69, 9.17) is 0 Å². The minimum absolute atomic E-state index is 0.595. The summed E-state index contributed by atoms with van der Waals surface area (Å²) in [5.41, 5.74) is 1.09. The molecule has 2 aromatic rings. The first-order valence-electron chi connectivity index (χ1n) is 5.72. The number of anilines is 1. The molecule has 0 amide bonds. The number of hydrogen-bond acceptors (Lipinski definition) is 4. The molecule has 0 spiro atoms. The zero-order chi connectivity index (χ0) is 11.5. The van der Waals surface area contributed by atoms with Gasteiger partial charge < -0.3 is 5.32 Å². The summed E-state index contributed by atoms with van der Waals surface area (Å²) < 4.78 is 1.76. The van der Waals surface area contributed by atoms with Gasteiger partial charge in [0.15, 0.2) is 5.82 Å².